The van der Waals surface area contributed by atoms with E-state index in [9.17, 15) is 4.79 Å². The fourth-order valence-electron chi connectivity index (χ4n) is 2.77. The molecule has 1 unspecified atom stereocenters. The first-order chi connectivity index (χ1) is 13.1. The third-order valence-corrected chi connectivity index (χ3v) is 5.32. The molecule has 2 heterocycles. The Morgan fingerprint density at radius 1 is 1.15 bits per heavy atom. The molecule has 1 amide bonds. The number of carbonyl (C=O) groups is 1. The minimum Gasteiger partial charge on any atom is -0.493 e. The van der Waals surface area contributed by atoms with Crippen LogP contribution >= 0.6 is 11.3 Å². The summed E-state index contributed by atoms with van der Waals surface area (Å²) < 4.78 is 10.8. The minimum atomic E-state index is -0.135. The molecule has 2 aromatic heterocycles. The number of carbonyl (C=O) groups excluding carboxylic acids is 1. The molecular formula is C20H21N3O3S. The van der Waals surface area contributed by atoms with Crippen LogP contribution in [0.25, 0.3) is 10.6 Å². The van der Waals surface area contributed by atoms with E-state index in [1.54, 1.807) is 43.9 Å². The average molecular weight is 383 g/mol. The van der Waals surface area contributed by atoms with Crippen molar-refractivity contribution in [2.24, 2.45) is 0 Å². The molecule has 1 atom stereocenters. The lowest BCUT2D eigenvalue weighted by Gasteiger charge is -2.24. The van der Waals surface area contributed by atoms with Crippen LogP contribution in [0.1, 0.15) is 29.0 Å². The summed E-state index contributed by atoms with van der Waals surface area (Å²) in [5.41, 5.74) is 2.22. The van der Waals surface area contributed by atoms with Crippen LogP contribution < -0.4 is 9.47 Å². The van der Waals surface area contributed by atoms with Crippen LogP contribution in [0.3, 0.4) is 0 Å². The minimum absolute atomic E-state index is 0.0861. The van der Waals surface area contributed by atoms with Crippen molar-refractivity contribution < 1.29 is 14.3 Å². The van der Waals surface area contributed by atoms with Gasteiger partial charge in [-0.05, 0) is 36.8 Å². The number of para-hydroxylation sites is 1. The predicted octanol–water partition coefficient (Wildman–Crippen LogP) is 4.06. The Kier molecular flexibility index (Phi) is 5.71. The number of thiazole rings is 1. The maximum atomic E-state index is 12.9. The Morgan fingerprint density at radius 3 is 2.56 bits per heavy atom. The lowest BCUT2D eigenvalue weighted by atomic mass is 10.1. The maximum absolute atomic E-state index is 12.9. The second-order valence-corrected chi connectivity index (χ2v) is 6.81. The van der Waals surface area contributed by atoms with Crippen molar-refractivity contribution in [3.05, 3.63) is 59.4 Å². The Bertz CT molecular complexity index is 927. The number of methoxy groups -OCH3 is 2. The van der Waals surface area contributed by atoms with Crippen LogP contribution in [0.2, 0.25) is 0 Å². The average Bonchev–Trinajstić information content (AvgIpc) is 3.22. The summed E-state index contributed by atoms with van der Waals surface area (Å²) >= 11 is 1.40. The van der Waals surface area contributed by atoms with Crippen LogP contribution in [-0.2, 0) is 0 Å². The summed E-state index contributed by atoms with van der Waals surface area (Å²) in [6, 6.07) is 9.32. The molecule has 7 heteroatoms. The van der Waals surface area contributed by atoms with Gasteiger partial charge in [0.2, 0.25) is 0 Å². The molecule has 3 aromatic rings. The van der Waals surface area contributed by atoms with Crippen molar-refractivity contribution in [1.82, 2.24) is 14.9 Å². The zero-order chi connectivity index (χ0) is 19.4. The van der Waals surface area contributed by atoms with E-state index in [1.807, 2.05) is 37.3 Å². The van der Waals surface area contributed by atoms with Crippen LogP contribution in [0.4, 0.5) is 0 Å². The van der Waals surface area contributed by atoms with Crippen molar-refractivity contribution in [3.63, 3.8) is 0 Å². The Labute approximate surface area is 162 Å². The Morgan fingerprint density at radius 2 is 1.89 bits per heavy atom. The summed E-state index contributed by atoms with van der Waals surface area (Å²) in [4.78, 5) is 23.1. The highest BCUT2D eigenvalue weighted by atomic mass is 32.1. The van der Waals surface area contributed by atoms with E-state index in [-0.39, 0.29) is 11.9 Å². The van der Waals surface area contributed by atoms with Gasteiger partial charge in [0.05, 0.1) is 25.8 Å². The van der Waals surface area contributed by atoms with E-state index in [0.717, 1.165) is 11.1 Å². The number of hydrogen-bond acceptors (Lipinski definition) is 6. The van der Waals surface area contributed by atoms with Gasteiger partial charge in [0.1, 0.15) is 10.7 Å². The van der Waals surface area contributed by atoms with Gasteiger partial charge < -0.3 is 14.4 Å². The molecule has 0 bridgehead atoms. The number of aromatic nitrogens is 2. The van der Waals surface area contributed by atoms with E-state index in [4.69, 9.17) is 9.47 Å². The highest BCUT2D eigenvalue weighted by Gasteiger charge is 2.22. The van der Waals surface area contributed by atoms with Gasteiger partial charge in [-0.25, -0.2) is 4.98 Å². The summed E-state index contributed by atoms with van der Waals surface area (Å²) in [6.45, 7) is 1.98. The summed E-state index contributed by atoms with van der Waals surface area (Å²) in [7, 11) is 4.96. The number of nitrogens with zero attached hydrogens (tertiary/aromatic N) is 3. The second kappa shape index (κ2) is 8.18. The van der Waals surface area contributed by atoms with Crippen molar-refractivity contribution in [2.75, 3.05) is 21.3 Å². The number of ether oxygens (including phenoxy) is 2. The number of pyridine rings is 1. The zero-order valence-corrected chi connectivity index (χ0v) is 16.5. The fourth-order valence-corrected chi connectivity index (χ4v) is 3.59. The first-order valence-corrected chi connectivity index (χ1v) is 9.28. The lowest BCUT2D eigenvalue weighted by molar-refractivity contribution is 0.0737. The summed E-state index contributed by atoms with van der Waals surface area (Å²) in [6.07, 6.45) is 3.44. The second-order valence-electron chi connectivity index (χ2n) is 5.95. The van der Waals surface area contributed by atoms with Gasteiger partial charge in [0.25, 0.3) is 5.91 Å². The zero-order valence-electron chi connectivity index (χ0n) is 15.7. The molecule has 0 aliphatic rings. The molecule has 0 fully saturated rings. The van der Waals surface area contributed by atoms with E-state index < -0.39 is 0 Å². The Balaban J connectivity index is 1.87. The van der Waals surface area contributed by atoms with E-state index in [0.29, 0.717) is 22.2 Å². The predicted molar refractivity (Wildman–Crippen MR) is 105 cm³/mol. The first kappa shape index (κ1) is 18.8. The highest BCUT2D eigenvalue weighted by Crippen LogP contribution is 2.39. The quantitative estimate of drug-likeness (QED) is 0.642. The molecule has 0 aliphatic heterocycles. The van der Waals surface area contributed by atoms with E-state index >= 15 is 0 Å². The smallest absolute Gasteiger partial charge is 0.273 e. The lowest BCUT2D eigenvalue weighted by Crippen LogP contribution is -2.29. The van der Waals surface area contributed by atoms with Gasteiger partial charge in [-0.1, -0.05) is 6.07 Å². The largest absolute Gasteiger partial charge is 0.493 e. The van der Waals surface area contributed by atoms with Crippen LogP contribution in [0.5, 0.6) is 11.5 Å². The van der Waals surface area contributed by atoms with Crippen LogP contribution in [0, 0.1) is 0 Å². The monoisotopic (exact) mass is 383 g/mol. The van der Waals surface area contributed by atoms with Gasteiger partial charge in [-0.3, -0.25) is 9.78 Å². The highest BCUT2D eigenvalue weighted by molar-refractivity contribution is 7.13. The van der Waals surface area contributed by atoms with Crippen molar-refractivity contribution in [2.45, 2.75) is 13.0 Å². The number of hydrogen-bond donors (Lipinski definition) is 0. The van der Waals surface area contributed by atoms with Crippen LogP contribution in [0.15, 0.2) is 48.1 Å². The maximum Gasteiger partial charge on any atom is 0.273 e. The standard InChI is InChI=1S/C20H21N3O3S/c1-13(14-8-10-21-11-9-14)23(2)20(24)16-12-27-19(22-16)15-6-5-7-17(25-3)18(15)26-4/h5-13H,1-4H3. The van der Waals surface area contributed by atoms with Crippen LogP contribution in [-0.4, -0.2) is 42.0 Å². The molecular weight excluding hydrogens is 362 g/mol. The number of benzene rings is 1. The first-order valence-electron chi connectivity index (χ1n) is 8.40. The molecule has 1 aromatic carbocycles. The third-order valence-electron chi connectivity index (χ3n) is 4.45. The molecule has 0 radical (unpaired) electrons. The molecule has 3 rings (SSSR count). The van der Waals surface area contributed by atoms with Crippen molar-refractivity contribution in [3.8, 4) is 22.1 Å². The summed E-state index contributed by atoms with van der Waals surface area (Å²) in [5.74, 6) is 1.09. The third kappa shape index (κ3) is 3.78. The van der Waals surface area contributed by atoms with Gasteiger partial charge in [-0.2, -0.15) is 0 Å². The number of rotatable bonds is 6. The van der Waals surface area contributed by atoms with Gasteiger partial charge in [-0.15, -0.1) is 11.3 Å². The van der Waals surface area contributed by atoms with Gasteiger partial charge >= 0.3 is 0 Å². The Hall–Kier alpha value is -2.93. The van der Waals surface area contributed by atoms with E-state index in [2.05, 4.69) is 9.97 Å². The summed E-state index contributed by atoms with van der Waals surface area (Å²) in [5, 5.41) is 2.48. The normalized spacial score (nSPS) is 11.7. The van der Waals surface area contributed by atoms with Crippen molar-refractivity contribution in [1.29, 1.82) is 0 Å². The fraction of sp³-hybridized carbons (Fsp3) is 0.250. The van der Waals surface area contributed by atoms with Gasteiger partial charge in [0.15, 0.2) is 11.5 Å². The molecule has 6 nitrogen and oxygen atoms in total. The number of amides is 1. The molecule has 27 heavy (non-hydrogen) atoms. The SMILES string of the molecule is COc1cccc(-c2nc(C(=O)N(C)C(C)c3ccncc3)cs2)c1OC. The molecule has 0 aliphatic carbocycles. The molecule has 0 saturated heterocycles. The molecule has 140 valence electrons. The molecule has 0 spiro atoms. The molecule has 0 N–H and O–H groups in total. The topological polar surface area (TPSA) is 64.5 Å². The molecule has 0 saturated carbocycles. The van der Waals surface area contributed by atoms with E-state index in [1.165, 1.54) is 11.3 Å². The van der Waals surface area contributed by atoms with Crippen molar-refractivity contribution >= 4 is 17.2 Å². The van der Waals surface area contributed by atoms with Gasteiger partial charge in [0, 0.05) is 24.8 Å².